The topological polar surface area (TPSA) is 40.5 Å². The third-order valence-corrected chi connectivity index (χ3v) is 6.19. The van der Waals surface area contributed by atoms with Crippen molar-refractivity contribution in [1.82, 2.24) is 4.90 Å². The fourth-order valence-electron chi connectivity index (χ4n) is 3.51. The molecule has 0 bridgehead atoms. The average molecular weight is 307 g/mol. The van der Waals surface area contributed by atoms with Gasteiger partial charge in [0.1, 0.15) is 0 Å². The van der Waals surface area contributed by atoms with Crippen LogP contribution in [-0.2, 0) is 12.8 Å². The monoisotopic (exact) mass is 307 g/mol. The van der Waals surface area contributed by atoms with Gasteiger partial charge in [0.15, 0.2) is 0 Å². The molecule has 1 aromatic heterocycles. The van der Waals surface area contributed by atoms with Crippen molar-refractivity contribution in [2.75, 3.05) is 13.1 Å². The Balaban J connectivity index is 1.66. The number of hydrogen-bond acceptors (Lipinski definition) is 3. The van der Waals surface area contributed by atoms with Crippen molar-refractivity contribution < 1.29 is 9.90 Å². The summed E-state index contributed by atoms with van der Waals surface area (Å²) in [5.74, 6) is 0.561. The van der Waals surface area contributed by atoms with E-state index in [4.69, 9.17) is 0 Å². The van der Waals surface area contributed by atoms with E-state index in [1.165, 1.54) is 29.7 Å². The van der Waals surface area contributed by atoms with E-state index in [1.807, 2.05) is 11.8 Å². The number of carbonyl (C=O) groups excluding carboxylic acids is 1. The van der Waals surface area contributed by atoms with Crippen LogP contribution in [0.3, 0.4) is 0 Å². The highest BCUT2D eigenvalue weighted by molar-refractivity contribution is 7.14. The zero-order valence-corrected chi connectivity index (χ0v) is 13.6. The number of aliphatic hydroxyl groups is 1. The van der Waals surface area contributed by atoms with E-state index in [0.717, 1.165) is 43.6 Å². The lowest BCUT2D eigenvalue weighted by Crippen LogP contribution is -2.40. The van der Waals surface area contributed by atoms with Crippen LogP contribution in [0.1, 0.15) is 59.1 Å². The summed E-state index contributed by atoms with van der Waals surface area (Å²) >= 11 is 1.72. The summed E-state index contributed by atoms with van der Waals surface area (Å²) in [6.07, 6.45) is 7.74. The maximum atomic E-state index is 12.7. The molecular formula is C17H25NO2S. The Bertz CT molecular complexity index is 477. The molecule has 21 heavy (non-hydrogen) atoms. The van der Waals surface area contributed by atoms with Crippen LogP contribution in [-0.4, -0.2) is 35.1 Å². The highest BCUT2D eigenvalue weighted by Crippen LogP contribution is 2.30. The molecule has 1 unspecified atom stereocenters. The molecule has 0 aromatic carbocycles. The van der Waals surface area contributed by atoms with Crippen LogP contribution in [0.15, 0.2) is 6.07 Å². The largest absolute Gasteiger partial charge is 0.393 e. The quantitative estimate of drug-likeness (QED) is 0.852. The summed E-state index contributed by atoms with van der Waals surface area (Å²) in [6, 6.07) is 2.15. The molecule has 1 aliphatic heterocycles. The molecule has 1 N–H and O–H groups in total. The molecule has 116 valence electrons. The van der Waals surface area contributed by atoms with Gasteiger partial charge in [0.05, 0.1) is 11.0 Å². The van der Waals surface area contributed by atoms with E-state index in [0.29, 0.717) is 5.92 Å². The van der Waals surface area contributed by atoms with Crippen molar-refractivity contribution in [1.29, 1.82) is 0 Å². The maximum absolute atomic E-state index is 12.7. The lowest BCUT2D eigenvalue weighted by Gasteiger charge is -2.33. The van der Waals surface area contributed by atoms with Crippen LogP contribution in [0.25, 0.3) is 0 Å². The smallest absolute Gasteiger partial charge is 0.263 e. The van der Waals surface area contributed by atoms with Crippen LogP contribution in [0, 0.1) is 5.92 Å². The molecule has 4 heteroatoms. The molecule has 1 fully saturated rings. The average Bonchev–Trinajstić information content (AvgIpc) is 2.77. The zero-order valence-electron chi connectivity index (χ0n) is 12.8. The first-order chi connectivity index (χ1) is 10.1. The van der Waals surface area contributed by atoms with Gasteiger partial charge >= 0.3 is 0 Å². The van der Waals surface area contributed by atoms with Crippen molar-refractivity contribution in [3.05, 3.63) is 21.4 Å². The second-order valence-corrected chi connectivity index (χ2v) is 7.63. The number of nitrogens with zero attached hydrogens (tertiary/aromatic N) is 1. The highest BCUT2D eigenvalue weighted by Gasteiger charge is 2.27. The second-order valence-electron chi connectivity index (χ2n) is 6.49. The summed E-state index contributed by atoms with van der Waals surface area (Å²) in [6.45, 7) is 3.44. The van der Waals surface area contributed by atoms with Gasteiger partial charge < -0.3 is 10.0 Å². The first-order valence-corrected chi connectivity index (χ1v) is 9.05. The highest BCUT2D eigenvalue weighted by atomic mass is 32.1. The molecule has 1 atom stereocenters. The van der Waals surface area contributed by atoms with Crippen molar-refractivity contribution in [2.45, 2.75) is 58.0 Å². The molecule has 2 heterocycles. The lowest BCUT2D eigenvalue weighted by atomic mass is 9.92. The number of aliphatic hydroxyl groups excluding tert-OH is 1. The van der Waals surface area contributed by atoms with Crippen LogP contribution in [0.2, 0.25) is 0 Å². The number of carbonyl (C=O) groups is 1. The van der Waals surface area contributed by atoms with Gasteiger partial charge in [-0.05, 0) is 63.0 Å². The first-order valence-electron chi connectivity index (χ1n) is 8.24. The van der Waals surface area contributed by atoms with Gasteiger partial charge in [-0.2, -0.15) is 0 Å². The molecule has 1 amide bonds. The standard InChI is InChI=1S/C17H25NO2S/c1-12(19)13-7-9-18(10-8-13)17(20)16-11-14-5-3-2-4-6-15(14)21-16/h11-13,19H,2-10H2,1H3. The fraction of sp³-hybridized carbons (Fsp3) is 0.706. The van der Waals surface area contributed by atoms with E-state index >= 15 is 0 Å². The van der Waals surface area contributed by atoms with Crippen molar-refractivity contribution in [3.8, 4) is 0 Å². The summed E-state index contributed by atoms with van der Waals surface area (Å²) in [5.41, 5.74) is 1.42. The molecule has 1 aliphatic carbocycles. The number of thiophene rings is 1. The predicted molar refractivity (Wildman–Crippen MR) is 85.9 cm³/mol. The second kappa shape index (κ2) is 6.49. The molecular weight excluding hydrogens is 282 g/mol. The number of likely N-dealkylation sites (tertiary alicyclic amines) is 1. The third kappa shape index (κ3) is 3.32. The lowest BCUT2D eigenvalue weighted by molar-refractivity contribution is 0.0525. The van der Waals surface area contributed by atoms with Crippen LogP contribution >= 0.6 is 11.3 Å². The predicted octanol–water partition coefficient (Wildman–Crippen LogP) is 3.25. The van der Waals surface area contributed by atoms with E-state index in [2.05, 4.69) is 6.07 Å². The summed E-state index contributed by atoms with van der Waals surface area (Å²) in [4.78, 5) is 17.0. The normalized spacial score (nSPS) is 21.7. The van der Waals surface area contributed by atoms with E-state index in [-0.39, 0.29) is 12.0 Å². The Hall–Kier alpha value is -0.870. The van der Waals surface area contributed by atoms with Gasteiger partial charge in [0.2, 0.25) is 0 Å². The molecule has 1 saturated heterocycles. The third-order valence-electron chi connectivity index (χ3n) is 4.97. The number of rotatable bonds is 2. The SMILES string of the molecule is CC(O)C1CCN(C(=O)c2cc3c(s2)CCCCC3)CC1. The molecule has 2 aliphatic rings. The maximum Gasteiger partial charge on any atom is 0.263 e. The Morgan fingerprint density at radius 3 is 2.71 bits per heavy atom. The first kappa shape index (κ1) is 15.0. The van der Waals surface area contributed by atoms with E-state index in [1.54, 1.807) is 11.3 Å². The number of fused-ring (bicyclic) bond motifs is 1. The van der Waals surface area contributed by atoms with Gasteiger partial charge in [-0.3, -0.25) is 4.79 Å². The molecule has 1 aromatic rings. The van der Waals surface area contributed by atoms with Gasteiger partial charge in [0, 0.05) is 18.0 Å². The van der Waals surface area contributed by atoms with Crippen LogP contribution in [0.4, 0.5) is 0 Å². The molecule has 0 spiro atoms. The Morgan fingerprint density at radius 2 is 2.00 bits per heavy atom. The molecule has 0 saturated carbocycles. The van der Waals surface area contributed by atoms with Crippen LogP contribution < -0.4 is 0 Å². The minimum absolute atomic E-state index is 0.206. The minimum Gasteiger partial charge on any atom is -0.393 e. The summed E-state index contributed by atoms with van der Waals surface area (Å²) in [7, 11) is 0. The van der Waals surface area contributed by atoms with Crippen LogP contribution in [0.5, 0.6) is 0 Å². The van der Waals surface area contributed by atoms with E-state index in [9.17, 15) is 9.90 Å². The van der Waals surface area contributed by atoms with Gasteiger partial charge in [-0.15, -0.1) is 11.3 Å². The number of amides is 1. The van der Waals surface area contributed by atoms with Crippen molar-refractivity contribution in [2.24, 2.45) is 5.92 Å². The van der Waals surface area contributed by atoms with Crippen molar-refractivity contribution in [3.63, 3.8) is 0 Å². The summed E-state index contributed by atoms with van der Waals surface area (Å²) in [5, 5.41) is 9.65. The zero-order chi connectivity index (χ0) is 14.8. The Labute approximate surface area is 131 Å². The number of aryl methyl sites for hydroxylation is 2. The van der Waals surface area contributed by atoms with Crippen molar-refractivity contribution >= 4 is 17.2 Å². The van der Waals surface area contributed by atoms with E-state index < -0.39 is 0 Å². The molecule has 3 nitrogen and oxygen atoms in total. The number of piperidine rings is 1. The minimum atomic E-state index is -0.250. The summed E-state index contributed by atoms with van der Waals surface area (Å²) < 4.78 is 0. The van der Waals surface area contributed by atoms with Gasteiger partial charge in [-0.25, -0.2) is 0 Å². The Kier molecular flexibility index (Phi) is 4.65. The molecule has 3 rings (SSSR count). The number of hydrogen-bond donors (Lipinski definition) is 1. The Morgan fingerprint density at radius 1 is 1.29 bits per heavy atom. The fourth-order valence-corrected chi connectivity index (χ4v) is 4.74. The van der Waals surface area contributed by atoms with Gasteiger partial charge in [-0.1, -0.05) is 6.42 Å². The van der Waals surface area contributed by atoms with Gasteiger partial charge in [0.25, 0.3) is 5.91 Å². The molecule has 0 radical (unpaired) electrons.